The summed E-state index contributed by atoms with van der Waals surface area (Å²) in [6.07, 6.45) is 4.43. The molecule has 0 saturated carbocycles. The highest BCUT2D eigenvalue weighted by atomic mass is 32.2. The van der Waals surface area contributed by atoms with Crippen molar-refractivity contribution in [3.63, 3.8) is 0 Å². The summed E-state index contributed by atoms with van der Waals surface area (Å²) in [4.78, 5) is 17.9. The Labute approximate surface area is 227 Å². The maximum absolute atomic E-state index is 13.1. The molecule has 1 atom stereocenters. The third-order valence-corrected chi connectivity index (χ3v) is 8.77. The Balaban J connectivity index is 1.32. The van der Waals surface area contributed by atoms with E-state index in [2.05, 4.69) is 47.4 Å². The highest BCUT2D eigenvalue weighted by Gasteiger charge is 2.27. The number of nitrogen functional groups attached to an aromatic ring is 1. The summed E-state index contributed by atoms with van der Waals surface area (Å²) in [7, 11) is -3.24. The second-order valence-electron chi connectivity index (χ2n) is 10.3. The molecule has 1 saturated heterocycles. The Morgan fingerprint density at radius 2 is 1.55 bits per heavy atom. The van der Waals surface area contributed by atoms with Crippen LogP contribution in [0.5, 0.6) is 0 Å². The molecule has 38 heavy (non-hydrogen) atoms. The quantitative estimate of drug-likeness (QED) is 0.380. The molecule has 7 heteroatoms. The lowest BCUT2D eigenvalue weighted by Crippen LogP contribution is -2.48. The normalized spacial score (nSPS) is 15.7. The number of carbonyl (C=O) groups is 1. The Kier molecular flexibility index (Phi) is 9.23. The maximum Gasteiger partial charge on any atom is 0.227 e. The summed E-state index contributed by atoms with van der Waals surface area (Å²) in [5.74, 6) is 0.419. The third-order valence-electron chi connectivity index (χ3n) is 7.64. The first-order valence-corrected chi connectivity index (χ1v) is 15.3. The summed E-state index contributed by atoms with van der Waals surface area (Å²) < 4.78 is 23.4. The predicted octanol–water partition coefficient (Wildman–Crippen LogP) is 4.75. The van der Waals surface area contributed by atoms with Gasteiger partial charge < -0.3 is 15.5 Å². The molecular weight excluding hydrogens is 494 g/mol. The van der Waals surface area contributed by atoms with Gasteiger partial charge in [-0.25, -0.2) is 8.42 Å². The largest absolute Gasteiger partial charge is 0.399 e. The van der Waals surface area contributed by atoms with E-state index in [9.17, 15) is 13.2 Å². The number of hydrogen-bond acceptors (Lipinski definition) is 5. The maximum atomic E-state index is 13.1. The lowest BCUT2D eigenvalue weighted by atomic mass is 9.88. The fraction of sp³-hybridized carbons (Fsp3) is 0.387. The van der Waals surface area contributed by atoms with Crippen molar-refractivity contribution in [1.29, 1.82) is 0 Å². The van der Waals surface area contributed by atoms with Gasteiger partial charge in [-0.3, -0.25) is 4.79 Å². The van der Waals surface area contributed by atoms with Gasteiger partial charge in [-0.05, 0) is 73.7 Å². The summed E-state index contributed by atoms with van der Waals surface area (Å²) in [6, 6.07) is 25.8. The van der Waals surface area contributed by atoms with Crippen LogP contribution in [0.4, 0.5) is 5.69 Å². The van der Waals surface area contributed by atoms with Crippen LogP contribution in [0.25, 0.3) is 0 Å². The number of sulfone groups is 1. The second-order valence-corrected chi connectivity index (χ2v) is 12.3. The van der Waals surface area contributed by atoms with Crippen molar-refractivity contribution in [3.05, 3.63) is 95.6 Å². The van der Waals surface area contributed by atoms with Crippen molar-refractivity contribution in [2.45, 2.75) is 49.5 Å². The van der Waals surface area contributed by atoms with Crippen LogP contribution in [-0.2, 0) is 21.1 Å². The molecule has 0 radical (unpaired) electrons. The van der Waals surface area contributed by atoms with Crippen LogP contribution >= 0.6 is 0 Å². The van der Waals surface area contributed by atoms with Crippen LogP contribution in [-0.4, -0.2) is 62.6 Å². The van der Waals surface area contributed by atoms with Crippen molar-refractivity contribution in [3.8, 4) is 0 Å². The molecule has 1 aliphatic rings. The highest BCUT2D eigenvalue weighted by molar-refractivity contribution is 7.90. The lowest BCUT2D eigenvalue weighted by Gasteiger charge is -2.38. The molecule has 2 N–H and O–H groups in total. The molecule has 1 heterocycles. The molecule has 3 aromatic carbocycles. The highest BCUT2D eigenvalue weighted by Crippen LogP contribution is 2.29. The van der Waals surface area contributed by atoms with E-state index in [0.29, 0.717) is 18.9 Å². The fourth-order valence-electron chi connectivity index (χ4n) is 5.47. The predicted molar refractivity (Wildman–Crippen MR) is 154 cm³/mol. The Morgan fingerprint density at radius 1 is 0.947 bits per heavy atom. The van der Waals surface area contributed by atoms with Gasteiger partial charge in [0.2, 0.25) is 5.91 Å². The molecule has 4 rings (SSSR count). The minimum atomic E-state index is -3.24. The molecule has 1 fully saturated rings. The first-order chi connectivity index (χ1) is 18.2. The van der Waals surface area contributed by atoms with E-state index in [-0.39, 0.29) is 16.8 Å². The fourth-order valence-corrected chi connectivity index (χ4v) is 6.11. The SMILES string of the molecule is CCN(C(=O)Cc1ccc(S(C)(=O)=O)cc1)C1CCN(CCC(c2ccccc2)c2ccc(N)cc2)CC1. The molecule has 1 amide bonds. The number of anilines is 1. The average Bonchev–Trinajstić information content (AvgIpc) is 2.91. The van der Waals surface area contributed by atoms with Gasteiger partial charge in [-0.1, -0.05) is 54.6 Å². The summed E-state index contributed by atoms with van der Waals surface area (Å²) in [6.45, 7) is 5.66. The van der Waals surface area contributed by atoms with E-state index in [1.807, 2.05) is 24.0 Å². The van der Waals surface area contributed by atoms with Crippen LogP contribution in [0.3, 0.4) is 0 Å². The topological polar surface area (TPSA) is 83.7 Å². The average molecular weight is 534 g/mol. The van der Waals surface area contributed by atoms with Crippen molar-refractivity contribution >= 4 is 21.4 Å². The molecule has 1 aliphatic heterocycles. The van der Waals surface area contributed by atoms with E-state index in [1.165, 1.54) is 17.4 Å². The molecule has 6 nitrogen and oxygen atoms in total. The van der Waals surface area contributed by atoms with Gasteiger partial charge in [0.25, 0.3) is 0 Å². The van der Waals surface area contributed by atoms with Crippen LogP contribution in [0.15, 0.2) is 83.8 Å². The minimum absolute atomic E-state index is 0.102. The first-order valence-electron chi connectivity index (χ1n) is 13.5. The van der Waals surface area contributed by atoms with E-state index >= 15 is 0 Å². The van der Waals surface area contributed by atoms with E-state index in [4.69, 9.17) is 5.73 Å². The Hall–Kier alpha value is -3.16. The van der Waals surface area contributed by atoms with Gasteiger partial charge in [0, 0.05) is 43.5 Å². The van der Waals surface area contributed by atoms with Gasteiger partial charge in [0.15, 0.2) is 9.84 Å². The number of rotatable bonds is 10. The first kappa shape index (κ1) is 27.9. The van der Waals surface area contributed by atoms with Crippen molar-refractivity contribution < 1.29 is 13.2 Å². The number of hydrogen-bond donors (Lipinski definition) is 1. The summed E-state index contributed by atoms with van der Waals surface area (Å²) >= 11 is 0. The standard InChI is InChI=1S/C31H39N3O3S/c1-3-34(31(35)23-24-9-15-29(16-10-24)38(2,36)37)28-17-20-33(21-18-28)22-19-30(25-7-5-4-6-8-25)26-11-13-27(32)14-12-26/h4-16,28,30H,3,17-23,32H2,1-2H3. The number of carbonyl (C=O) groups excluding carboxylic acids is 1. The van der Waals surface area contributed by atoms with Gasteiger partial charge in [0.05, 0.1) is 11.3 Å². The van der Waals surface area contributed by atoms with Crippen LogP contribution in [0.2, 0.25) is 0 Å². The lowest BCUT2D eigenvalue weighted by molar-refractivity contribution is -0.133. The van der Waals surface area contributed by atoms with Crippen molar-refractivity contribution in [2.24, 2.45) is 0 Å². The summed E-state index contributed by atoms with van der Waals surface area (Å²) in [5, 5.41) is 0. The zero-order valence-corrected chi connectivity index (χ0v) is 23.2. The van der Waals surface area contributed by atoms with E-state index < -0.39 is 9.84 Å². The molecule has 0 aliphatic carbocycles. The number of nitrogens with zero attached hydrogens (tertiary/aromatic N) is 2. The number of likely N-dealkylation sites (tertiary alicyclic amines) is 1. The van der Waals surface area contributed by atoms with Crippen LogP contribution in [0.1, 0.15) is 48.8 Å². The zero-order chi connectivity index (χ0) is 27.1. The molecule has 0 aromatic heterocycles. The third kappa shape index (κ3) is 7.23. The number of benzene rings is 3. The van der Waals surface area contributed by atoms with E-state index in [1.54, 1.807) is 24.3 Å². The van der Waals surface area contributed by atoms with Gasteiger partial charge in [-0.15, -0.1) is 0 Å². The van der Waals surface area contributed by atoms with E-state index in [0.717, 1.165) is 50.1 Å². The smallest absolute Gasteiger partial charge is 0.227 e. The number of likely N-dealkylation sites (N-methyl/N-ethyl adjacent to an activating group) is 1. The van der Waals surface area contributed by atoms with Crippen molar-refractivity contribution in [1.82, 2.24) is 9.80 Å². The second kappa shape index (κ2) is 12.6. The Bertz CT molecular complexity index is 1280. The monoisotopic (exact) mass is 533 g/mol. The molecule has 3 aromatic rings. The number of amides is 1. The van der Waals surface area contributed by atoms with Crippen LogP contribution < -0.4 is 5.73 Å². The number of piperidine rings is 1. The minimum Gasteiger partial charge on any atom is -0.399 e. The van der Waals surface area contributed by atoms with Crippen molar-refractivity contribution in [2.75, 3.05) is 38.2 Å². The zero-order valence-electron chi connectivity index (χ0n) is 22.4. The summed E-state index contributed by atoms with van der Waals surface area (Å²) in [5.41, 5.74) is 10.2. The molecular formula is C31H39N3O3S. The molecule has 0 spiro atoms. The molecule has 202 valence electrons. The van der Waals surface area contributed by atoms with Gasteiger partial charge >= 0.3 is 0 Å². The van der Waals surface area contributed by atoms with Gasteiger partial charge in [0.1, 0.15) is 0 Å². The molecule has 0 bridgehead atoms. The Morgan fingerprint density at radius 3 is 2.13 bits per heavy atom. The molecule has 1 unspecified atom stereocenters. The van der Waals surface area contributed by atoms with Crippen LogP contribution in [0, 0.1) is 0 Å². The number of nitrogens with two attached hydrogens (primary N) is 1. The van der Waals surface area contributed by atoms with Gasteiger partial charge in [-0.2, -0.15) is 0 Å².